The summed E-state index contributed by atoms with van der Waals surface area (Å²) in [5, 5.41) is 10.3. The van der Waals surface area contributed by atoms with Crippen LogP contribution in [0.4, 0.5) is 5.95 Å². The third-order valence-electron chi connectivity index (χ3n) is 5.66. The van der Waals surface area contributed by atoms with Gasteiger partial charge in [-0.25, -0.2) is 0 Å². The molecule has 1 unspecified atom stereocenters. The quantitative estimate of drug-likeness (QED) is 0.676. The molecule has 0 aliphatic carbocycles. The number of rotatable bonds is 5. The largest absolute Gasteiger partial charge is 0.383 e. The van der Waals surface area contributed by atoms with E-state index in [0.717, 1.165) is 34.8 Å². The molecule has 7 heteroatoms. The molecule has 2 aromatic heterocycles. The number of hydrogen-bond acceptors (Lipinski definition) is 6. The van der Waals surface area contributed by atoms with Crippen LogP contribution in [0.2, 0.25) is 0 Å². The Morgan fingerprint density at radius 3 is 2.86 bits per heavy atom. The Bertz CT molecular complexity index is 963. The van der Waals surface area contributed by atoms with E-state index in [0.29, 0.717) is 19.8 Å². The van der Waals surface area contributed by atoms with Gasteiger partial charge < -0.3 is 14.4 Å². The first-order valence-corrected chi connectivity index (χ1v) is 9.70. The molecule has 0 bridgehead atoms. The van der Waals surface area contributed by atoms with Crippen molar-refractivity contribution in [3.05, 3.63) is 36.5 Å². The fraction of sp³-hybridized carbons (Fsp3) is 0.476. The average molecular weight is 381 g/mol. The van der Waals surface area contributed by atoms with Crippen molar-refractivity contribution in [1.29, 1.82) is 0 Å². The number of para-hydroxylation sites is 1. The van der Waals surface area contributed by atoms with E-state index in [9.17, 15) is 0 Å². The topological polar surface area (TPSA) is 65.3 Å². The van der Waals surface area contributed by atoms with Crippen LogP contribution < -0.4 is 4.90 Å². The van der Waals surface area contributed by atoms with E-state index in [1.165, 1.54) is 0 Å². The van der Waals surface area contributed by atoms with Gasteiger partial charge in [-0.2, -0.15) is 0 Å². The molecule has 0 N–H and O–H groups in total. The van der Waals surface area contributed by atoms with Gasteiger partial charge in [0.25, 0.3) is 0 Å². The van der Waals surface area contributed by atoms with Crippen molar-refractivity contribution < 1.29 is 9.47 Å². The first-order chi connectivity index (χ1) is 13.5. The summed E-state index contributed by atoms with van der Waals surface area (Å²) in [6.45, 7) is 9.11. The highest BCUT2D eigenvalue weighted by molar-refractivity contribution is 5.91. The number of morpholine rings is 1. The lowest BCUT2D eigenvalue weighted by Crippen LogP contribution is -2.56. The molecule has 1 aliphatic heterocycles. The Balaban J connectivity index is 1.83. The SMILES string of the molecule is COCCn1c(-c2cccc3cccnc23)nnc1N1CCOC(C)(C)C1C. The van der Waals surface area contributed by atoms with Gasteiger partial charge in [0.15, 0.2) is 5.82 Å². The minimum Gasteiger partial charge on any atom is -0.383 e. The van der Waals surface area contributed by atoms with E-state index >= 15 is 0 Å². The van der Waals surface area contributed by atoms with Crippen LogP contribution in [0.1, 0.15) is 20.8 Å². The highest BCUT2D eigenvalue weighted by Gasteiger charge is 2.38. The molecular formula is C21H27N5O2. The van der Waals surface area contributed by atoms with Gasteiger partial charge >= 0.3 is 0 Å². The Kier molecular flexibility index (Phi) is 5.03. The molecule has 7 nitrogen and oxygen atoms in total. The number of fused-ring (bicyclic) bond motifs is 1. The van der Waals surface area contributed by atoms with Gasteiger partial charge in [-0.05, 0) is 32.9 Å². The van der Waals surface area contributed by atoms with Crippen molar-refractivity contribution in [3.63, 3.8) is 0 Å². The molecule has 0 spiro atoms. The third kappa shape index (κ3) is 3.25. The first-order valence-electron chi connectivity index (χ1n) is 9.70. The summed E-state index contributed by atoms with van der Waals surface area (Å²) >= 11 is 0. The van der Waals surface area contributed by atoms with Crippen LogP contribution in [-0.2, 0) is 16.0 Å². The summed E-state index contributed by atoms with van der Waals surface area (Å²) in [7, 11) is 1.71. The zero-order chi connectivity index (χ0) is 19.7. The van der Waals surface area contributed by atoms with Gasteiger partial charge in [0.1, 0.15) is 0 Å². The van der Waals surface area contributed by atoms with Crippen LogP contribution in [0.5, 0.6) is 0 Å². The molecule has 1 fully saturated rings. The first kappa shape index (κ1) is 18.8. The number of benzene rings is 1. The summed E-state index contributed by atoms with van der Waals surface area (Å²) in [5.41, 5.74) is 1.66. The van der Waals surface area contributed by atoms with Crippen molar-refractivity contribution in [2.75, 3.05) is 31.8 Å². The monoisotopic (exact) mass is 381 g/mol. The van der Waals surface area contributed by atoms with Crippen LogP contribution in [-0.4, -0.2) is 58.3 Å². The predicted molar refractivity (Wildman–Crippen MR) is 109 cm³/mol. The second kappa shape index (κ2) is 7.48. The Labute approximate surface area is 165 Å². The molecule has 3 aromatic rings. The van der Waals surface area contributed by atoms with Crippen molar-refractivity contribution in [1.82, 2.24) is 19.7 Å². The van der Waals surface area contributed by atoms with E-state index in [2.05, 4.69) is 63.6 Å². The molecule has 1 saturated heterocycles. The maximum atomic E-state index is 5.97. The van der Waals surface area contributed by atoms with Crippen LogP contribution in [0.3, 0.4) is 0 Å². The lowest BCUT2D eigenvalue weighted by Gasteiger charge is -2.44. The second-order valence-electron chi connectivity index (χ2n) is 7.67. The summed E-state index contributed by atoms with van der Waals surface area (Å²) in [4.78, 5) is 6.88. The number of aromatic nitrogens is 4. The standard InChI is InChI=1S/C21H27N5O2/c1-15-21(2,3)28-14-12-25(15)20-24-23-19(26(20)11-13-27-4)17-9-5-7-16-8-6-10-22-18(16)17/h5-10,15H,11-14H2,1-4H3. The smallest absolute Gasteiger partial charge is 0.228 e. The van der Waals surface area contributed by atoms with Crippen LogP contribution in [0.15, 0.2) is 36.5 Å². The fourth-order valence-corrected chi connectivity index (χ4v) is 3.75. The maximum Gasteiger partial charge on any atom is 0.228 e. The van der Waals surface area contributed by atoms with Gasteiger partial charge in [-0.3, -0.25) is 9.55 Å². The number of ether oxygens (including phenoxy) is 2. The molecule has 1 aliphatic rings. The molecular weight excluding hydrogens is 354 g/mol. The highest BCUT2D eigenvalue weighted by atomic mass is 16.5. The lowest BCUT2D eigenvalue weighted by molar-refractivity contribution is -0.0536. The Morgan fingerprint density at radius 2 is 2.04 bits per heavy atom. The predicted octanol–water partition coefficient (Wildman–Crippen LogP) is 3.14. The van der Waals surface area contributed by atoms with Crippen molar-refractivity contribution in [2.24, 2.45) is 0 Å². The van der Waals surface area contributed by atoms with Crippen molar-refractivity contribution in [2.45, 2.75) is 39.0 Å². The number of pyridine rings is 1. The van der Waals surface area contributed by atoms with E-state index in [-0.39, 0.29) is 11.6 Å². The molecule has 28 heavy (non-hydrogen) atoms. The second-order valence-corrected chi connectivity index (χ2v) is 7.67. The molecule has 148 valence electrons. The zero-order valence-electron chi connectivity index (χ0n) is 16.9. The molecule has 1 aromatic carbocycles. The summed E-state index contributed by atoms with van der Waals surface area (Å²) < 4.78 is 13.5. The normalized spacial score (nSPS) is 19.3. The van der Waals surface area contributed by atoms with Crippen molar-refractivity contribution in [3.8, 4) is 11.4 Å². The van der Waals surface area contributed by atoms with Gasteiger partial charge in [0.2, 0.25) is 5.95 Å². The number of hydrogen-bond donors (Lipinski definition) is 0. The average Bonchev–Trinajstić information content (AvgIpc) is 3.11. The summed E-state index contributed by atoms with van der Waals surface area (Å²) in [6.07, 6.45) is 1.81. The van der Waals surface area contributed by atoms with Crippen molar-refractivity contribution >= 4 is 16.9 Å². The van der Waals surface area contributed by atoms with Gasteiger partial charge in [-0.1, -0.05) is 18.2 Å². The molecule has 0 amide bonds. The minimum atomic E-state index is -0.253. The van der Waals surface area contributed by atoms with Gasteiger partial charge in [0, 0.05) is 30.8 Å². The van der Waals surface area contributed by atoms with Crippen LogP contribution in [0.25, 0.3) is 22.3 Å². The van der Waals surface area contributed by atoms with E-state index < -0.39 is 0 Å². The minimum absolute atomic E-state index is 0.172. The molecule has 4 rings (SSSR count). The van der Waals surface area contributed by atoms with E-state index in [1.807, 2.05) is 18.3 Å². The Hall–Kier alpha value is -2.51. The summed E-state index contributed by atoms with van der Waals surface area (Å²) in [6, 6.07) is 10.3. The van der Waals surface area contributed by atoms with Crippen LogP contribution in [0, 0.1) is 0 Å². The highest BCUT2D eigenvalue weighted by Crippen LogP contribution is 2.32. The molecule has 0 saturated carbocycles. The molecule has 3 heterocycles. The maximum absolute atomic E-state index is 5.97. The van der Waals surface area contributed by atoms with E-state index in [1.54, 1.807) is 7.11 Å². The lowest BCUT2D eigenvalue weighted by atomic mass is 9.97. The van der Waals surface area contributed by atoms with Gasteiger partial charge in [-0.15, -0.1) is 10.2 Å². The zero-order valence-corrected chi connectivity index (χ0v) is 16.9. The van der Waals surface area contributed by atoms with Crippen LogP contribution >= 0.6 is 0 Å². The molecule has 1 atom stereocenters. The number of anilines is 1. The number of methoxy groups -OCH3 is 1. The summed E-state index contributed by atoms with van der Waals surface area (Å²) in [5.74, 6) is 1.66. The number of nitrogens with zero attached hydrogens (tertiary/aromatic N) is 5. The van der Waals surface area contributed by atoms with E-state index in [4.69, 9.17) is 9.47 Å². The fourth-order valence-electron chi connectivity index (χ4n) is 3.75. The Morgan fingerprint density at radius 1 is 1.21 bits per heavy atom. The molecule has 0 radical (unpaired) electrons. The third-order valence-corrected chi connectivity index (χ3v) is 5.66. The van der Waals surface area contributed by atoms with Gasteiger partial charge in [0.05, 0.1) is 36.9 Å².